The number of hydrogen-bond donors (Lipinski definition) is 1. The van der Waals surface area contributed by atoms with Crippen molar-refractivity contribution in [3.05, 3.63) is 29.3 Å². The van der Waals surface area contributed by atoms with Gasteiger partial charge in [0, 0.05) is 31.2 Å². The third-order valence-corrected chi connectivity index (χ3v) is 5.81. The van der Waals surface area contributed by atoms with E-state index in [0.29, 0.717) is 30.9 Å². The monoisotopic (exact) mass is 373 g/mol. The Kier molecular flexibility index (Phi) is 5.78. The molecule has 1 saturated heterocycles. The van der Waals surface area contributed by atoms with Crippen LogP contribution in [0.4, 0.5) is 5.69 Å². The molecule has 0 unspecified atom stereocenters. The highest BCUT2D eigenvalue weighted by atomic mass is 35.5. The van der Waals surface area contributed by atoms with E-state index in [1.165, 1.54) is 10.6 Å². The van der Waals surface area contributed by atoms with Crippen LogP contribution in [-0.4, -0.2) is 51.2 Å². The number of halogens is 1. The van der Waals surface area contributed by atoms with Crippen LogP contribution >= 0.6 is 12.4 Å². The summed E-state index contributed by atoms with van der Waals surface area (Å²) in [6.07, 6.45) is 4.46. The molecule has 8 heteroatoms. The van der Waals surface area contributed by atoms with E-state index in [-0.39, 0.29) is 24.4 Å². The number of amides is 1. The van der Waals surface area contributed by atoms with Gasteiger partial charge in [0.2, 0.25) is 10.0 Å². The third kappa shape index (κ3) is 3.84. The fourth-order valence-corrected chi connectivity index (χ4v) is 4.32. The molecular formula is C16H24ClN3O3S. The summed E-state index contributed by atoms with van der Waals surface area (Å²) in [6, 6.07) is 5.53. The highest BCUT2D eigenvalue weighted by molar-refractivity contribution is 7.92. The summed E-state index contributed by atoms with van der Waals surface area (Å²) in [5.41, 5.74) is 8.15. The van der Waals surface area contributed by atoms with Gasteiger partial charge in [0.15, 0.2) is 0 Å². The molecule has 2 heterocycles. The van der Waals surface area contributed by atoms with Crippen LogP contribution in [0.15, 0.2) is 18.2 Å². The predicted molar refractivity (Wildman–Crippen MR) is 97.3 cm³/mol. The molecule has 6 nitrogen and oxygen atoms in total. The average Bonchev–Trinajstić information content (AvgIpc) is 2.53. The van der Waals surface area contributed by atoms with E-state index in [9.17, 15) is 13.2 Å². The molecular weight excluding hydrogens is 350 g/mol. The first-order valence-electron chi connectivity index (χ1n) is 8.02. The zero-order valence-corrected chi connectivity index (χ0v) is 15.4. The standard InChI is InChI=1S/C16H23N3O3S.ClH/c1-23(21,22)19-8-2-3-12-11-13(4-5-15(12)19)16(20)18-9-6-14(17)7-10-18;/h4-5,11,14H,2-3,6-10,17H2,1H3;1H. The molecule has 0 saturated carbocycles. The van der Waals surface area contributed by atoms with Gasteiger partial charge in [-0.3, -0.25) is 9.10 Å². The number of nitrogens with zero attached hydrogens (tertiary/aromatic N) is 2. The zero-order chi connectivity index (χ0) is 16.6. The molecule has 2 aliphatic rings. The number of fused-ring (bicyclic) bond motifs is 1. The molecule has 2 N–H and O–H groups in total. The minimum absolute atomic E-state index is 0. The van der Waals surface area contributed by atoms with Gasteiger partial charge in [0.25, 0.3) is 5.91 Å². The number of likely N-dealkylation sites (tertiary alicyclic amines) is 1. The van der Waals surface area contributed by atoms with Crippen LogP contribution in [0.2, 0.25) is 0 Å². The van der Waals surface area contributed by atoms with Gasteiger partial charge in [-0.15, -0.1) is 12.4 Å². The van der Waals surface area contributed by atoms with Crippen molar-refractivity contribution in [3.63, 3.8) is 0 Å². The second kappa shape index (κ2) is 7.29. The maximum absolute atomic E-state index is 12.6. The fraction of sp³-hybridized carbons (Fsp3) is 0.562. The van der Waals surface area contributed by atoms with Gasteiger partial charge >= 0.3 is 0 Å². The van der Waals surface area contributed by atoms with Gasteiger partial charge < -0.3 is 10.6 Å². The SMILES string of the molecule is CS(=O)(=O)N1CCCc2cc(C(=O)N3CCC(N)CC3)ccc21.Cl. The molecule has 0 spiro atoms. The topological polar surface area (TPSA) is 83.7 Å². The number of nitrogens with two attached hydrogens (primary N) is 1. The summed E-state index contributed by atoms with van der Waals surface area (Å²) in [6.45, 7) is 1.88. The highest BCUT2D eigenvalue weighted by Crippen LogP contribution is 2.30. The maximum Gasteiger partial charge on any atom is 0.253 e. The Morgan fingerprint density at radius 2 is 1.88 bits per heavy atom. The number of hydrogen-bond acceptors (Lipinski definition) is 4. The van der Waals surface area contributed by atoms with Crippen molar-refractivity contribution in [3.8, 4) is 0 Å². The lowest BCUT2D eigenvalue weighted by molar-refractivity contribution is 0.0714. The van der Waals surface area contributed by atoms with Crippen LogP contribution in [0.1, 0.15) is 35.2 Å². The largest absolute Gasteiger partial charge is 0.339 e. The van der Waals surface area contributed by atoms with Crippen molar-refractivity contribution in [2.75, 3.05) is 30.2 Å². The van der Waals surface area contributed by atoms with Crippen molar-refractivity contribution in [1.82, 2.24) is 4.90 Å². The predicted octanol–water partition coefficient (Wildman–Crippen LogP) is 1.38. The minimum atomic E-state index is -3.27. The van der Waals surface area contributed by atoms with E-state index >= 15 is 0 Å². The van der Waals surface area contributed by atoms with Gasteiger partial charge in [-0.25, -0.2) is 8.42 Å². The van der Waals surface area contributed by atoms with Crippen LogP contribution in [0.3, 0.4) is 0 Å². The van der Waals surface area contributed by atoms with Gasteiger partial charge in [-0.2, -0.15) is 0 Å². The van der Waals surface area contributed by atoms with Crippen LogP contribution in [-0.2, 0) is 16.4 Å². The van der Waals surface area contributed by atoms with Crippen LogP contribution in [0.25, 0.3) is 0 Å². The highest BCUT2D eigenvalue weighted by Gasteiger charge is 2.26. The molecule has 0 aromatic heterocycles. The van der Waals surface area contributed by atoms with E-state index in [4.69, 9.17) is 5.73 Å². The summed E-state index contributed by atoms with van der Waals surface area (Å²) in [7, 11) is -3.27. The molecule has 1 aromatic rings. The van der Waals surface area contributed by atoms with E-state index in [1.807, 2.05) is 11.0 Å². The van der Waals surface area contributed by atoms with E-state index in [1.54, 1.807) is 12.1 Å². The normalized spacial score (nSPS) is 18.8. The number of benzene rings is 1. The molecule has 0 aliphatic carbocycles. The van der Waals surface area contributed by atoms with Crippen LogP contribution < -0.4 is 10.0 Å². The van der Waals surface area contributed by atoms with Crippen molar-refractivity contribution in [1.29, 1.82) is 0 Å². The molecule has 24 heavy (non-hydrogen) atoms. The molecule has 1 amide bonds. The molecule has 2 aliphatic heterocycles. The number of rotatable bonds is 2. The Bertz CT molecular complexity index is 715. The van der Waals surface area contributed by atoms with Crippen molar-refractivity contribution >= 4 is 34.0 Å². The number of sulfonamides is 1. The molecule has 1 fully saturated rings. The summed E-state index contributed by atoms with van der Waals surface area (Å²) in [5.74, 6) is 0.0104. The maximum atomic E-state index is 12.6. The molecule has 0 bridgehead atoms. The van der Waals surface area contributed by atoms with Crippen molar-refractivity contribution in [2.24, 2.45) is 5.73 Å². The number of anilines is 1. The van der Waals surface area contributed by atoms with Gasteiger partial charge in [-0.05, 0) is 49.4 Å². The number of carbonyl (C=O) groups excluding carboxylic acids is 1. The Morgan fingerprint density at radius 1 is 1.21 bits per heavy atom. The van der Waals surface area contributed by atoms with Gasteiger partial charge in [-0.1, -0.05) is 0 Å². The first-order chi connectivity index (χ1) is 10.9. The number of aryl methyl sites for hydroxylation is 1. The molecule has 134 valence electrons. The lowest BCUT2D eigenvalue weighted by Gasteiger charge is -2.32. The van der Waals surface area contributed by atoms with Crippen molar-refractivity contribution in [2.45, 2.75) is 31.7 Å². The second-order valence-electron chi connectivity index (χ2n) is 6.41. The third-order valence-electron chi connectivity index (χ3n) is 4.63. The summed E-state index contributed by atoms with van der Waals surface area (Å²) in [4.78, 5) is 14.5. The Balaban J connectivity index is 0.00000208. The molecule has 3 rings (SSSR count). The first kappa shape index (κ1) is 19.0. The van der Waals surface area contributed by atoms with E-state index in [2.05, 4.69) is 0 Å². The van der Waals surface area contributed by atoms with E-state index < -0.39 is 10.0 Å². The quantitative estimate of drug-likeness (QED) is 0.848. The second-order valence-corrected chi connectivity index (χ2v) is 8.32. The number of piperidine rings is 1. The summed E-state index contributed by atoms with van der Waals surface area (Å²) < 4.78 is 25.2. The summed E-state index contributed by atoms with van der Waals surface area (Å²) in [5, 5.41) is 0. The minimum Gasteiger partial charge on any atom is -0.339 e. The average molecular weight is 374 g/mol. The molecule has 1 aromatic carbocycles. The lowest BCUT2D eigenvalue weighted by Crippen LogP contribution is -2.43. The zero-order valence-electron chi connectivity index (χ0n) is 13.8. The van der Waals surface area contributed by atoms with Gasteiger partial charge in [0.05, 0.1) is 11.9 Å². The Hall–Kier alpha value is -1.31. The van der Waals surface area contributed by atoms with Crippen LogP contribution in [0, 0.1) is 0 Å². The lowest BCUT2D eigenvalue weighted by atomic mass is 9.99. The number of carbonyl (C=O) groups is 1. The summed E-state index contributed by atoms with van der Waals surface area (Å²) >= 11 is 0. The smallest absolute Gasteiger partial charge is 0.253 e. The molecule has 0 radical (unpaired) electrons. The fourth-order valence-electron chi connectivity index (χ4n) is 3.33. The molecule has 0 atom stereocenters. The van der Waals surface area contributed by atoms with Crippen LogP contribution in [0.5, 0.6) is 0 Å². The van der Waals surface area contributed by atoms with Gasteiger partial charge in [0.1, 0.15) is 0 Å². The first-order valence-corrected chi connectivity index (χ1v) is 9.86. The van der Waals surface area contributed by atoms with E-state index in [0.717, 1.165) is 31.2 Å². The Morgan fingerprint density at radius 3 is 2.50 bits per heavy atom. The Labute approximate surface area is 149 Å². The van der Waals surface area contributed by atoms with Crippen molar-refractivity contribution < 1.29 is 13.2 Å².